The van der Waals surface area contributed by atoms with E-state index in [1.54, 1.807) is 25.1 Å². The molecule has 0 fully saturated rings. The first-order valence-electron chi connectivity index (χ1n) is 8.99. The predicted octanol–water partition coefficient (Wildman–Crippen LogP) is 4.76. The molecule has 4 rings (SSSR count). The second kappa shape index (κ2) is 7.53. The summed E-state index contributed by atoms with van der Waals surface area (Å²) < 4.78 is 11.2. The van der Waals surface area contributed by atoms with Crippen LogP contribution in [0.4, 0.5) is 0 Å². The Balaban J connectivity index is 1.55. The molecular formula is C24H18O4. The van der Waals surface area contributed by atoms with Crippen molar-refractivity contribution in [3.63, 3.8) is 0 Å². The summed E-state index contributed by atoms with van der Waals surface area (Å²) in [6.07, 6.45) is 1.89. The molecular weight excluding hydrogens is 352 g/mol. The molecule has 0 saturated carbocycles. The van der Waals surface area contributed by atoms with Gasteiger partial charge in [0.15, 0.2) is 5.76 Å². The van der Waals surface area contributed by atoms with Crippen LogP contribution in [0, 0.1) is 6.92 Å². The van der Waals surface area contributed by atoms with Crippen LogP contribution < -0.4 is 9.47 Å². The van der Waals surface area contributed by atoms with E-state index in [4.69, 9.17) is 9.47 Å². The smallest absolute Gasteiger partial charge is 0.315 e. The molecule has 3 aromatic carbocycles. The summed E-state index contributed by atoms with van der Waals surface area (Å²) in [5.41, 5.74) is 2.97. The molecule has 0 unspecified atom stereocenters. The minimum atomic E-state index is -0.366. The Morgan fingerprint density at radius 2 is 1.68 bits per heavy atom. The molecule has 28 heavy (non-hydrogen) atoms. The summed E-state index contributed by atoms with van der Waals surface area (Å²) in [6.45, 7) is 1.81. The van der Waals surface area contributed by atoms with Gasteiger partial charge in [-0.2, -0.15) is 0 Å². The van der Waals surface area contributed by atoms with Gasteiger partial charge in [-0.15, -0.1) is 0 Å². The topological polar surface area (TPSA) is 52.6 Å². The highest BCUT2D eigenvalue weighted by atomic mass is 16.5. The first kappa shape index (κ1) is 17.7. The van der Waals surface area contributed by atoms with Crippen molar-refractivity contribution in [1.29, 1.82) is 0 Å². The molecule has 0 amide bonds. The number of Topliss-reactive ketones (excluding diaryl/α,β-unsaturated/α-hetero) is 1. The Morgan fingerprint density at radius 1 is 1.00 bits per heavy atom. The number of carbonyl (C=O) groups excluding carboxylic acids is 2. The Hall–Kier alpha value is -3.66. The number of ketones is 1. The van der Waals surface area contributed by atoms with Gasteiger partial charge in [0.05, 0.1) is 12.0 Å². The van der Waals surface area contributed by atoms with Gasteiger partial charge in [-0.1, -0.05) is 60.7 Å². The van der Waals surface area contributed by atoms with Crippen molar-refractivity contribution in [2.45, 2.75) is 13.3 Å². The van der Waals surface area contributed by atoms with E-state index in [9.17, 15) is 9.59 Å². The summed E-state index contributed by atoms with van der Waals surface area (Å²) in [5.74, 6) is 0.506. The van der Waals surface area contributed by atoms with Crippen molar-refractivity contribution in [3.8, 4) is 11.5 Å². The molecule has 3 aromatic rings. The van der Waals surface area contributed by atoms with Crippen molar-refractivity contribution >= 4 is 17.8 Å². The monoisotopic (exact) mass is 370 g/mol. The van der Waals surface area contributed by atoms with Gasteiger partial charge in [0.1, 0.15) is 11.5 Å². The van der Waals surface area contributed by atoms with E-state index in [0.29, 0.717) is 22.6 Å². The van der Waals surface area contributed by atoms with Crippen LogP contribution in [0.3, 0.4) is 0 Å². The van der Waals surface area contributed by atoms with E-state index >= 15 is 0 Å². The second-order valence-corrected chi connectivity index (χ2v) is 6.60. The van der Waals surface area contributed by atoms with E-state index in [0.717, 1.165) is 11.1 Å². The summed E-state index contributed by atoms with van der Waals surface area (Å²) >= 11 is 0. The maximum atomic E-state index is 12.7. The lowest BCUT2D eigenvalue weighted by molar-refractivity contribution is -0.133. The van der Waals surface area contributed by atoms with Gasteiger partial charge in [0.2, 0.25) is 5.78 Å². The third-order valence-electron chi connectivity index (χ3n) is 4.46. The molecule has 1 aliphatic rings. The van der Waals surface area contributed by atoms with Gasteiger partial charge < -0.3 is 9.47 Å². The molecule has 0 radical (unpaired) electrons. The quantitative estimate of drug-likeness (QED) is 0.377. The molecule has 4 heteroatoms. The van der Waals surface area contributed by atoms with Crippen LogP contribution in [0.2, 0.25) is 0 Å². The molecule has 0 saturated heterocycles. The highest BCUT2D eigenvalue weighted by molar-refractivity contribution is 6.15. The van der Waals surface area contributed by atoms with Crippen LogP contribution in [0.1, 0.15) is 27.0 Å². The van der Waals surface area contributed by atoms with Gasteiger partial charge in [-0.25, -0.2) is 0 Å². The van der Waals surface area contributed by atoms with Gasteiger partial charge in [0.25, 0.3) is 0 Å². The van der Waals surface area contributed by atoms with Crippen molar-refractivity contribution in [2.24, 2.45) is 0 Å². The van der Waals surface area contributed by atoms with Crippen LogP contribution in [0.25, 0.3) is 6.08 Å². The highest BCUT2D eigenvalue weighted by Gasteiger charge is 2.30. The predicted molar refractivity (Wildman–Crippen MR) is 106 cm³/mol. The molecule has 1 heterocycles. The summed E-state index contributed by atoms with van der Waals surface area (Å²) in [5, 5.41) is 0. The molecule has 0 spiro atoms. The van der Waals surface area contributed by atoms with Gasteiger partial charge >= 0.3 is 5.97 Å². The number of aryl methyl sites for hydroxylation is 1. The third kappa shape index (κ3) is 3.71. The maximum Gasteiger partial charge on any atom is 0.315 e. The lowest BCUT2D eigenvalue weighted by Crippen LogP contribution is -2.11. The van der Waals surface area contributed by atoms with E-state index in [-0.39, 0.29) is 23.9 Å². The lowest BCUT2D eigenvalue weighted by atomic mass is 10.0. The fourth-order valence-electron chi connectivity index (χ4n) is 3.17. The molecule has 0 N–H and O–H groups in total. The molecule has 1 aliphatic heterocycles. The van der Waals surface area contributed by atoms with Crippen LogP contribution in [0.15, 0.2) is 78.6 Å². The second-order valence-electron chi connectivity index (χ2n) is 6.60. The van der Waals surface area contributed by atoms with E-state index in [1.165, 1.54) is 0 Å². The minimum absolute atomic E-state index is 0.168. The number of rotatable bonds is 4. The lowest BCUT2D eigenvalue weighted by Gasteiger charge is -2.08. The van der Waals surface area contributed by atoms with E-state index < -0.39 is 0 Å². The largest absolute Gasteiger partial charge is 0.452 e. The molecule has 0 atom stereocenters. The number of ether oxygens (including phenoxy) is 2. The first-order chi connectivity index (χ1) is 13.6. The maximum absolute atomic E-state index is 12.7. The summed E-state index contributed by atoms with van der Waals surface area (Å²) in [6, 6.07) is 22.2. The van der Waals surface area contributed by atoms with Crippen molar-refractivity contribution in [2.75, 3.05) is 0 Å². The van der Waals surface area contributed by atoms with Gasteiger partial charge in [-0.3, -0.25) is 9.59 Å². The number of hydrogen-bond donors (Lipinski definition) is 0. The molecule has 138 valence electrons. The van der Waals surface area contributed by atoms with Gasteiger partial charge in [0, 0.05) is 6.07 Å². The Kier molecular flexibility index (Phi) is 4.77. The van der Waals surface area contributed by atoms with E-state index in [1.807, 2.05) is 60.7 Å². The molecule has 0 bridgehead atoms. The number of hydrogen-bond acceptors (Lipinski definition) is 4. The van der Waals surface area contributed by atoms with Crippen LogP contribution in [-0.4, -0.2) is 11.8 Å². The highest BCUT2D eigenvalue weighted by Crippen LogP contribution is 2.37. The first-order valence-corrected chi connectivity index (χ1v) is 8.99. The van der Waals surface area contributed by atoms with Crippen molar-refractivity contribution < 1.29 is 19.1 Å². The Morgan fingerprint density at radius 3 is 2.39 bits per heavy atom. The third-order valence-corrected chi connectivity index (χ3v) is 4.46. The van der Waals surface area contributed by atoms with Gasteiger partial charge in [-0.05, 0) is 35.8 Å². The normalized spacial score (nSPS) is 13.9. The van der Waals surface area contributed by atoms with Crippen LogP contribution in [0.5, 0.6) is 11.5 Å². The fourth-order valence-corrected chi connectivity index (χ4v) is 3.17. The molecule has 4 nitrogen and oxygen atoms in total. The summed E-state index contributed by atoms with van der Waals surface area (Å²) in [7, 11) is 0. The number of esters is 1. The standard InChI is InChI=1S/C24H18O4/c1-16-12-19(27-22(25)14-18-10-6-3-7-11-18)15-20-23(16)24(26)21(28-20)13-17-8-4-2-5-9-17/h2-13,15H,14H2,1H3/b21-13-. The van der Waals surface area contributed by atoms with Crippen LogP contribution >= 0.6 is 0 Å². The zero-order valence-electron chi connectivity index (χ0n) is 15.3. The fraction of sp³-hybridized carbons (Fsp3) is 0.0833. The zero-order valence-corrected chi connectivity index (χ0v) is 15.3. The Bertz CT molecular complexity index is 1070. The van der Waals surface area contributed by atoms with E-state index in [2.05, 4.69) is 0 Å². The summed E-state index contributed by atoms with van der Waals surface area (Å²) in [4.78, 5) is 24.9. The number of carbonyl (C=O) groups is 2. The zero-order chi connectivity index (χ0) is 19.5. The van der Waals surface area contributed by atoms with Crippen molar-refractivity contribution in [1.82, 2.24) is 0 Å². The van der Waals surface area contributed by atoms with Crippen LogP contribution in [-0.2, 0) is 11.2 Å². The average Bonchev–Trinajstić information content (AvgIpc) is 2.99. The number of allylic oxidation sites excluding steroid dienone is 1. The Labute approximate surface area is 163 Å². The average molecular weight is 370 g/mol. The number of benzene rings is 3. The SMILES string of the molecule is Cc1cc(OC(=O)Cc2ccccc2)cc2c1C(=O)/C(=C/c1ccccc1)O2. The minimum Gasteiger partial charge on any atom is -0.452 e. The number of fused-ring (bicyclic) bond motifs is 1. The molecule has 0 aromatic heterocycles. The molecule has 0 aliphatic carbocycles. The van der Waals surface area contributed by atoms with Crippen molar-refractivity contribution in [3.05, 3.63) is 101 Å².